The number of aliphatic carboxylic acids is 1. The molecule has 0 aliphatic rings. The first-order valence-corrected chi connectivity index (χ1v) is 7.31. The van der Waals surface area contributed by atoms with Gasteiger partial charge in [0.05, 0.1) is 5.75 Å². The molecule has 0 aromatic carbocycles. The molecule has 1 amide bonds. The van der Waals surface area contributed by atoms with Gasteiger partial charge in [0, 0.05) is 23.9 Å². The second kappa shape index (κ2) is 7.84. The fourth-order valence-corrected chi connectivity index (χ4v) is 2.38. The van der Waals surface area contributed by atoms with E-state index in [1.165, 1.54) is 11.8 Å². The number of aromatic nitrogens is 2. The van der Waals surface area contributed by atoms with Crippen molar-refractivity contribution in [1.29, 1.82) is 0 Å². The van der Waals surface area contributed by atoms with Crippen molar-refractivity contribution in [2.24, 2.45) is 0 Å². The maximum atomic E-state index is 11.7. The van der Waals surface area contributed by atoms with Crippen molar-refractivity contribution >= 4 is 23.6 Å². The molecular weight excluding hydrogens is 278 g/mol. The lowest BCUT2D eigenvalue weighted by Crippen LogP contribution is -2.34. The summed E-state index contributed by atoms with van der Waals surface area (Å²) in [7, 11) is 0. The second-order valence-electron chi connectivity index (χ2n) is 4.62. The van der Waals surface area contributed by atoms with Gasteiger partial charge < -0.3 is 10.4 Å². The van der Waals surface area contributed by atoms with Gasteiger partial charge in [0.2, 0.25) is 5.91 Å². The number of nitrogens with one attached hydrogen (secondary N) is 1. The smallest absolute Gasteiger partial charge is 0.303 e. The standard InChI is InChI=1S/C13H19N3O3S/c1-8(4-5-12(18)19)14-11(17)7-20-13-15-9(2)6-10(3)16-13/h6,8H,4-5,7H2,1-3H3,(H,14,17)(H,18,19). The van der Waals surface area contributed by atoms with Crippen LogP contribution in [0.25, 0.3) is 0 Å². The highest BCUT2D eigenvalue weighted by Crippen LogP contribution is 2.13. The summed E-state index contributed by atoms with van der Waals surface area (Å²) in [5.41, 5.74) is 1.74. The lowest BCUT2D eigenvalue weighted by molar-refractivity contribution is -0.137. The second-order valence-corrected chi connectivity index (χ2v) is 5.57. The Labute approximate surface area is 122 Å². The number of rotatable bonds is 7. The van der Waals surface area contributed by atoms with Gasteiger partial charge in [0.25, 0.3) is 0 Å². The van der Waals surface area contributed by atoms with E-state index in [9.17, 15) is 9.59 Å². The van der Waals surface area contributed by atoms with Crippen LogP contribution in [0.4, 0.5) is 0 Å². The molecule has 0 radical (unpaired) electrons. The Kier molecular flexibility index (Phi) is 6.44. The summed E-state index contributed by atoms with van der Waals surface area (Å²) in [6, 6.07) is 1.72. The number of carboxylic acid groups (broad SMARTS) is 1. The maximum Gasteiger partial charge on any atom is 0.303 e. The quantitative estimate of drug-likeness (QED) is 0.586. The molecule has 1 heterocycles. The zero-order valence-corrected chi connectivity index (χ0v) is 12.7. The number of aryl methyl sites for hydroxylation is 2. The van der Waals surface area contributed by atoms with Crippen LogP contribution in [0.3, 0.4) is 0 Å². The van der Waals surface area contributed by atoms with Gasteiger partial charge in [-0.1, -0.05) is 11.8 Å². The first-order valence-electron chi connectivity index (χ1n) is 6.33. The van der Waals surface area contributed by atoms with Crippen LogP contribution in [0.1, 0.15) is 31.2 Å². The molecule has 0 saturated heterocycles. The van der Waals surface area contributed by atoms with Crippen molar-refractivity contribution in [3.8, 4) is 0 Å². The fraction of sp³-hybridized carbons (Fsp3) is 0.538. The molecule has 1 rings (SSSR count). The molecule has 1 unspecified atom stereocenters. The molecule has 1 atom stereocenters. The van der Waals surface area contributed by atoms with Crippen LogP contribution < -0.4 is 5.32 Å². The molecule has 1 aromatic rings. The zero-order valence-electron chi connectivity index (χ0n) is 11.8. The van der Waals surface area contributed by atoms with E-state index in [2.05, 4.69) is 15.3 Å². The summed E-state index contributed by atoms with van der Waals surface area (Å²) in [5, 5.41) is 11.9. The van der Waals surface area contributed by atoms with Gasteiger partial charge in [-0.05, 0) is 33.3 Å². The summed E-state index contributed by atoms with van der Waals surface area (Å²) in [6.45, 7) is 5.55. The lowest BCUT2D eigenvalue weighted by Gasteiger charge is -2.12. The van der Waals surface area contributed by atoms with Gasteiger partial charge >= 0.3 is 5.97 Å². The number of hydrogen-bond donors (Lipinski definition) is 2. The normalized spacial score (nSPS) is 11.9. The highest BCUT2D eigenvalue weighted by atomic mass is 32.2. The fourth-order valence-electron chi connectivity index (χ4n) is 1.62. The molecule has 0 saturated carbocycles. The van der Waals surface area contributed by atoms with Crippen LogP contribution in [0.15, 0.2) is 11.2 Å². The lowest BCUT2D eigenvalue weighted by atomic mass is 10.2. The van der Waals surface area contributed by atoms with E-state index in [-0.39, 0.29) is 24.1 Å². The number of carbonyl (C=O) groups excluding carboxylic acids is 1. The van der Waals surface area contributed by atoms with Crippen molar-refractivity contribution in [3.05, 3.63) is 17.5 Å². The van der Waals surface area contributed by atoms with Crippen LogP contribution in [0.5, 0.6) is 0 Å². The SMILES string of the molecule is Cc1cc(C)nc(SCC(=O)NC(C)CCC(=O)O)n1. The highest BCUT2D eigenvalue weighted by Gasteiger charge is 2.10. The Bertz CT molecular complexity index is 473. The molecular formula is C13H19N3O3S. The van der Waals surface area contributed by atoms with Gasteiger partial charge in [-0.15, -0.1) is 0 Å². The third kappa shape index (κ3) is 6.51. The molecule has 0 spiro atoms. The average molecular weight is 297 g/mol. The number of amides is 1. The molecule has 20 heavy (non-hydrogen) atoms. The van der Waals surface area contributed by atoms with Gasteiger partial charge in [0.15, 0.2) is 5.16 Å². The Morgan fingerprint density at radius 2 is 1.95 bits per heavy atom. The predicted octanol–water partition coefficient (Wildman–Crippen LogP) is 1.56. The van der Waals surface area contributed by atoms with Crippen molar-refractivity contribution < 1.29 is 14.7 Å². The summed E-state index contributed by atoms with van der Waals surface area (Å²) < 4.78 is 0. The summed E-state index contributed by atoms with van der Waals surface area (Å²) in [4.78, 5) is 30.6. The number of hydrogen-bond acceptors (Lipinski definition) is 5. The van der Waals surface area contributed by atoms with Crippen molar-refractivity contribution in [3.63, 3.8) is 0 Å². The first kappa shape index (κ1) is 16.4. The highest BCUT2D eigenvalue weighted by molar-refractivity contribution is 7.99. The molecule has 2 N–H and O–H groups in total. The van der Waals surface area contributed by atoms with Crippen LogP contribution in [0, 0.1) is 13.8 Å². The predicted molar refractivity (Wildman–Crippen MR) is 76.7 cm³/mol. The van der Waals surface area contributed by atoms with Gasteiger partial charge in [-0.2, -0.15) is 0 Å². The summed E-state index contributed by atoms with van der Waals surface area (Å²) in [6.07, 6.45) is 0.473. The minimum Gasteiger partial charge on any atom is -0.481 e. The van der Waals surface area contributed by atoms with Crippen molar-refractivity contribution in [2.45, 2.75) is 44.8 Å². The van der Waals surface area contributed by atoms with Gasteiger partial charge in [-0.3, -0.25) is 9.59 Å². The van der Waals surface area contributed by atoms with Crippen LogP contribution >= 0.6 is 11.8 Å². The van der Waals surface area contributed by atoms with Crippen LogP contribution in [-0.4, -0.2) is 38.7 Å². The zero-order chi connectivity index (χ0) is 15.1. The molecule has 6 nitrogen and oxygen atoms in total. The van der Waals surface area contributed by atoms with E-state index in [1.54, 1.807) is 6.92 Å². The van der Waals surface area contributed by atoms with E-state index in [4.69, 9.17) is 5.11 Å². The number of thioether (sulfide) groups is 1. The number of carboxylic acids is 1. The van der Waals surface area contributed by atoms with E-state index >= 15 is 0 Å². The molecule has 0 bridgehead atoms. The van der Waals surface area contributed by atoms with Gasteiger partial charge in [0.1, 0.15) is 0 Å². The van der Waals surface area contributed by atoms with E-state index < -0.39 is 5.97 Å². The Balaban J connectivity index is 2.37. The Morgan fingerprint density at radius 3 is 2.50 bits per heavy atom. The molecule has 7 heteroatoms. The Morgan fingerprint density at radius 1 is 1.35 bits per heavy atom. The minimum atomic E-state index is -0.857. The van der Waals surface area contributed by atoms with Crippen LogP contribution in [0.2, 0.25) is 0 Å². The minimum absolute atomic E-state index is 0.0504. The third-order valence-corrected chi connectivity index (χ3v) is 3.34. The molecule has 1 aromatic heterocycles. The third-order valence-electron chi connectivity index (χ3n) is 2.49. The van der Waals surface area contributed by atoms with Crippen molar-refractivity contribution in [1.82, 2.24) is 15.3 Å². The Hall–Kier alpha value is -1.63. The average Bonchev–Trinajstić information content (AvgIpc) is 2.33. The molecule has 0 aliphatic heterocycles. The summed E-state index contributed by atoms with van der Waals surface area (Å²) in [5.74, 6) is -0.778. The monoisotopic (exact) mass is 297 g/mol. The van der Waals surface area contributed by atoms with E-state index in [1.807, 2.05) is 19.9 Å². The largest absolute Gasteiger partial charge is 0.481 e. The first-order chi connectivity index (χ1) is 9.36. The number of nitrogens with zero attached hydrogens (tertiary/aromatic N) is 2. The number of carbonyl (C=O) groups is 2. The molecule has 110 valence electrons. The maximum absolute atomic E-state index is 11.7. The van der Waals surface area contributed by atoms with Crippen molar-refractivity contribution in [2.75, 3.05) is 5.75 Å². The van der Waals surface area contributed by atoms with Gasteiger partial charge in [-0.25, -0.2) is 9.97 Å². The molecule has 0 fully saturated rings. The summed E-state index contributed by atoms with van der Waals surface area (Å²) >= 11 is 1.27. The van der Waals surface area contributed by atoms with Crippen LogP contribution in [-0.2, 0) is 9.59 Å². The molecule has 0 aliphatic carbocycles. The topological polar surface area (TPSA) is 92.2 Å². The van der Waals surface area contributed by atoms with E-state index in [0.717, 1.165) is 11.4 Å². The van der Waals surface area contributed by atoms with E-state index in [0.29, 0.717) is 11.6 Å².